The summed E-state index contributed by atoms with van der Waals surface area (Å²) in [6.07, 6.45) is 0. The van der Waals surface area contributed by atoms with Crippen LogP contribution in [-0.2, 0) is 6.54 Å². The molecule has 2 aromatic carbocycles. The number of halogens is 1. The van der Waals surface area contributed by atoms with Crippen molar-refractivity contribution >= 4 is 33.2 Å². The number of hydrogen-bond acceptors (Lipinski definition) is 4. The Kier molecular flexibility index (Phi) is 4.73. The van der Waals surface area contributed by atoms with E-state index < -0.39 is 0 Å². The fraction of sp³-hybridized carbons (Fsp3) is 0.0588. The van der Waals surface area contributed by atoms with Crippen LogP contribution in [0.2, 0.25) is 0 Å². The van der Waals surface area contributed by atoms with Crippen molar-refractivity contribution in [2.45, 2.75) is 6.54 Å². The molecule has 3 rings (SSSR count). The van der Waals surface area contributed by atoms with E-state index in [1.165, 1.54) is 11.3 Å². The first kappa shape index (κ1) is 15.7. The average molecular weight is 389 g/mol. The Balaban J connectivity index is 1.65. The van der Waals surface area contributed by atoms with Crippen LogP contribution < -0.4 is 5.32 Å². The van der Waals surface area contributed by atoms with Crippen LogP contribution >= 0.6 is 27.3 Å². The van der Waals surface area contributed by atoms with Crippen molar-refractivity contribution in [3.05, 3.63) is 69.0 Å². The third-order valence-electron chi connectivity index (χ3n) is 3.20. The van der Waals surface area contributed by atoms with E-state index in [2.05, 4.69) is 26.2 Å². The molecule has 3 aromatic rings. The smallest absolute Gasteiger partial charge is 0.251 e. The van der Waals surface area contributed by atoms with Crippen LogP contribution in [0.25, 0.3) is 11.3 Å². The number of carbonyl (C=O) groups is 1. The van der Waals surface area contributed by atoms with Crippen LogP contribution in [0.3, 0.4) is 0 Å². The molecule has 2 N–H and O–H groups in total. The number of amides is 1. The molecule has 0 unspecified atom stereocenters. The third-order valence-corrected chi connectivity index (χ3v) is 4.54. The number of rotatable bonds is 4. The summed E-state index contributed by atoms with van der Waals surface area (Å²) in [6.45, 7) is 0.383. The maximum atomic E-state index is 12.1. The molecule has 0 radical (unpaired) electrons. The molecule has 0 atom stereocenters. The lowest BCUT2D eigenvalue weighted by Gasteiger charge is -2.03. The van der Waals surface area contributed by atoms with Crippen LogP contribution in [0.5, 0.6) is 5.75 Å². The van der Waals surface area contributed by atoms with Crippen molar-refractivity contribution < 1.29 is 9.90 Å². The number of aromatic nitrogens is 1. The van der Waals surface area contributed by atoms with Crippen LogP contribution in [0.1, 0.15) is 15.4 Å². The van der Waals surface area contributed by atoms with Gasteiger partial charge in [0.15, 0.2) is 0 Å². The SMILES string of the molecule is O=C(NCc1nc(-c2ccc(O)cc2)cs1)c1cccc(Br)c1. The number of phenolic OH excluding ortho intramolecular Hbond substituents is 1. The Bertz CT molecular complexity index is 831. The minimum Gasteiger partial charge on any atom is -0.508 e. The molecule has 1 heterocycles. The lowest BCUT2D eigenvalue weighted by atomic mass is 10.2. The molecule has 0 spiro atoms. The van der Waals surface area contributed by atoms with E-state index in [1.807, 2.05) is 29.6 Å². The first-order valence-electron chi connectivity index (χ1n) is 6.89. The fourth-order valence-corrected chi connectivity index (χ4v) is 3.19. The quantitative estimate of drug-likeness (QED) is 0.703. The van der Waals surface area contributed by atoms with Gasteiger partial charge < -0.3 is 10.4 Å². The third kappa shape index (κ3) is 3.97. The number of benzene rings is 2. The molecule has 0 aliphatic carbocycles. The lowest BCUT2D eigenvalue weighted by Crippen LogP contribution is -2.22. The van der Waals surface area contributed by atoms with Gasteiger partial charge in [0.25, 0.3) is 5.91 Å². The van der Waals surface area contributed by atoms with E-state index in [1.54, 1.807) is 24.3 Å². The van der Waals surface area contributed by atoms with Crippen molar-refractivity contribution in [1.82, 2.24) is 10.3 Å². The summed E-state index contributed by atoms with van der Waals surface area (Å²) in [5.41, 5.74) is 2.38. The van der Waals surface area contributed by atoms with Crippen LogP contribution in [0.15, 0.2) is 58.4 Å². The van der Waals surface area contributed by atoms with Crippen molar-refractivity contribution in [3.63, 3.8) is 0 Å². The topological polar surface area (TPSA) is 62.2 Å². The standard InChI is InChI=1S/C17H13BrN2O2S/c18-13-3-1-2-12(8-13)17(22)19-9-16-20-15(10-23-16)11-4-6-14(21)7-5-11/h1-8,10,21H,9H2,(H,19,22). The number of thiazole rings is 1. The number of nitrogens with zero attached hydrogens (tertiary/aromatic N) is 1. The average Bonchev–Trinajstić information content (AvgIpc) is 3.02. The van der Waals surface area contributed by atoms with Gasteiger partial charge in [0.1, 0.15) is 10.8 Å². The molecule has 0 saturated carbocycles. The monoisotopic (exact) mass is 388 g/mol. The van der Waals surface area contributed by atoms with E-state index in [0.29, 0.717) is 12.1 Å². The summed E-state index contributed by atoms with van der Waals surface area (Å²) in [5.74, 6) is 0.0955. The van der Waals surface area contributed by atoms with Crippen molar-refractivity contribution in [3.8, 4) is 17.0 Å². The van der Waals surface area contributed by atoms with Gasteiger partial charge >= 0.3 is 0 Å². The maximum absolute atomic E-state index is 12.1. The van der Waals surface area contributed by atoms with Gasteiger partial charge in [-0.05, 0) is 42.5 Å². The molecular formula is C17H13BrN2O2S. The molecule has 6 heteroatoms. The molecule has 1 amide bonds. The zero-order valence-corrected chi connectivity index (χ0v) is 14.4. The van der Waals surface area contributed by atoms with E-state index in [-0.39, 0.29) is 11.7 Å². The molecule has 0 fully saturated rings. The highest BCUT2D eigenvalue weighted by atomic mass is 79.9. The van der Waals surface area contributed by atoms with Gasteiger partial charge in [0.2, 0.25) is 0 Å². The summed E-state index contributed by atoms with van der Waals surface area (Å²) < 4.78 is 0.869. The minimum absolute atomic E-state index is 0.132. The van der Waals surface area contributed by atoms with Crippen LogP contribution in [0, 0.1) is 0 Å². The normalized spacial score (nSPS) is 10.5. The van der Waals surface area contributed by atoms with Gasteiger partial charge in [0, 0.05) is 21.0 Å². The summed E-state index contributed by atoms with van der Waals surface area (Å²) >= 11 is 4.84. The van der Waals surface area contributed by atoms with Crippen LogP contribution in [0.4, 0.5) is 0 Å². The number of hydrogen-bond donors (Lipinski definition) is 2. The second-order valence-corrected chi connectivity index (χ2v) is 6.72. The summed E-state index contributed by atoms with van der Waals surface area (Å²) in [5, 5.41) is 14.9. The molecule has 0 bridgehead atoms. The number of nitrogens with one attached hydrogen (secondary N) is 1. The Morgan fingerprint density at radius 3 is 2.74 bits per heavy atom. The largest absolute Gasteiger partial charge is 0.508 e. The summed E-state index contributed by atoms with van der Waals surface area (Å²) in [7, 11) is 0. The van der Waals surface area contributed by atoms with E-state index >= 15 is 0 Å². The molecule has 1 aromatic heterocycles. The highest BCUT2D eigenvalue weighted by Gasteiger charge is 2.08. The van der Waals surface area contributed by atoms with E-state index in [4.69, 9.17) is 0 Å². The molecule has 4 nitrogen and oxygen atoms in total. The lowest BCUT2D eigenvalue weighted by molar-refractivity contribution is 0.0951. The van der Waals surface area contributed by atoms with Gasteiger partial charge in [-0.3, -0.25) is 4.79 Å². The fourth-order valence-electron chi connectivity index (χ4n) is 2.04. The predicted octanol–water partition coefficient (Wildman–Crippen LogP) is 4.21. The van der Waals surface area contributed by atoms with E-state index in [9.17, 15) is 9.90 Å². The summed E-state index contributed by atoms with van der Waals surface area (Å²) in [6, 6.07) is 14.1. The van der Waals surface area contributed by atoms with Crippen molar-refractivity contribution in [1.29, 1.82) is 0 Å². The second kappa shape index (κ2) is 6.93. The first-order valence-corrected chi connectivity index (χ1v) is 8.56. The molecule has 23 heavy (non-hydrogen) atoms. The second-order valence-electron chi connectivity index (χ2n) is 4.87. The van der Waals surface area contributed by atoms with Gasteiger partial charge in [0.05, 0.1) is 12.2 Å². The van der Waals surface area contributed by atoms with Crippen LogP contribution in [-0.4, -0.2) is 16.0 Å². The summed E-state index contributed by atoms with van der Waals surface area (Å²) in [4.78, 5) is 16.6. The molecule has 0 saturated heterocycles. The van der Waals surface area contributed by atoms with Gasteiger partial charge in [-0.1, -0.05) is 22.0 Å². The van der Waals surface area contributed by atoms with Crippen molar-refractivity contribution in [2.24, 2.45) is 0 Å². The Hall–Kier alpha value is -2.18. The van der Waals surface area contributed by atoms with Gasteiger partial charge in [-0.25, -0.2) is 4.98 Å². The van der Waals surface area contributed by atoms with Gasteiger partial charge in [-0.15, -0.1) is 11.3 Å². The Labute approximate surface area is 146 Å². The zero-order chi connectivity index (χ0) is 16.2. The minimum atomic E-state index is -0.132. The maximum Gasteiger partial charge on any atom is 0.251 e. The predicted molar refractivity (Wildman–Crippen MR) is 94.5 cm³/mol. The molecule has 0 aliphatic heterocycles. The van der Waals surface area contributed by atoms with Gasteiger partial charge in [-0.2, -0.15) is 0 Å². The van der Waals surface area contributed by atoms with Crippen molar-refractivity contribution in [2.75, 3.05) is 0 Å². The van der Waals surface area contributed by atoms with E-state index in [0.717, 1.165) is 20.7 Å². The highest BCUT2D eigenvalue weighted by molar-refractivity contribution is 9.10. The molecule has 116 valence electrons. The molecule has 0 aliphatic rings. The Morgan fingerprint density at radius 2 is 2.00 bits per heavy atom. The molecular weight excluding hydrogens is 376 g/mol. The number of phenols is 1. The zero-order valence-electron chi connectivity index (χ0n) is 12.0. The Morgan fingerprint density at radius 1 is 1.22 bits per heavy atom. The number of aromatic hydroxyl groups is 1. The highest BCUT2D eigenvalue weighted by Crippen LogP contribution is 2.23. The first-order chi connectivity index (χ1) is 11.1. The number of carbonyl (C=O) groups excluding carboxylic acids is 1.